The third-order valence-corrected chi connectivity index (χ3v) is 13.2. The molecule has 6 heteroatoms. The highest BCUT2D eigenvalue weighted by Crippen LogP contribution is 2.44. The Bertz CT molecular complexity index is 4100. The maximum Gasteiger partial charge on any atom is 0.165 e. The summed E-state index contributed by atoms with van der Waals surface area (Å²) in [6.45, 7) is 0. The molecule has 0 saturated carbocycles. The lowest BCUT2D eigenvalue weighted by atomic mass is 10.0. The van der Waals surface area contributed by atoms with Gasteiger partial charge in [0.1, 0.15) is 0 Å². The summed E-state index contributed by atoms with van der Waals surface area (Å²) >= 11 is 1.57. The van der Waals surface area contributed by atoms with Gasteiger partial charge in [-0.3, -0.25) is 0 Å². The molecule has 0 amide bonds. The van der Waals surface area contributed by atoms with Gasteiger partial charge in [-0.2, -0.15) is 0 Å². The van der Waals surface area contributed by atoms with E-state index in [2.05, 4.69) is 143 Å². The highest BCUT2D eigenvalue weighted by atomic mass is 32.1. The fourth-order valence-electron chi connectivity index (χ4n) is 9.24. The highest BCUT2D eigenvalue weighted by Gasteiger charge is 2.21. The number of para-hydroxylation sites is 4. The second-order valence-electron chi connectivity index (χ2n) is 15.6. The zero-order valence-electron chi connectivity index (χ0n) is 38.5. The van der Waals surface area contributed by atoms with Crippen molar-refractivity contribution in [1.82, 2.24) is 24.1 Å². The molecule has 4 aromatic heterocycles. The van der Waals surface area contributed by atoms with Crippen LogP contribution in [0.25, 0.3) is 120 Å². The largest absolute Gasteiger partial charge is 0.309 e. The van der Waals surface area contributed by atoms with E-state index < -0.39 is 6.04 Å². The molecule has 4 heterocycles. The van der Waals surface area contributed by atoms with Crippen LogP contribution in [0.3, 0.4) is 0 Å². The predicted octanol–water partition coefficient (Wildman–Crippen LogP) is 15.1. The van der Waals surface area contributed by atoms with E-state index in [0.717, 1.165) is 81.1 Å². The summed E-state index contributed by atoms with van der Waals surface area (Å²) in [5.41, 5.74) is 9.45. The summed E-state index contributed by atoms with van der Waals surface area (Å²) < 4.78 is 49.0. The van der Waals surface area contributed by atoms with Crippen molar-refractivity contribution >= 4 is 75.1 Å². The average Bonchev–Trinajstić information content (AvgIpc) is 4.05. The number of aromatic nitrogens is 5. The van der Waals surface area contributed by atoms with Gasteiger partial charge in [-0.05, 0) is 65.7 Å². The first-order chi connectivity index (χ1) is 33.3. The molecule has 0 aliphatic rings. The summed E-state index contributed by atoms with van der Waals surface area (Å²) in [7, 11) is 0. The minimum absolute atomic E-state index is 0.166. The third kappa shape index (κ3) is 5.73. The van der Waals surface area contributed by atoms with E-state index in [0.29, 0.717) is 23.0 Å². The molecule has 0 aliphatic carbocycles. The normalized spacial score (nSPS) is 12.9. The first-order valence-electron chi connectivity index (χ1n) is 23.3. The van der Waals surface area contributed by atoms with E-state index in [4.69, 9.17) is 21.8 Å². The number of fused-ring (bicyclic) bond motifs is 9. The Labute approximate surface area is 373 Å². The molecule has 13 aromatic rings. The van der Waals surface area contributed by atoms with Crippen molar-refractivity contribution < 1.29 is 6.85 Å². The summed E-state index contributed by atoms with van der Waals surface area (Å²) in [5, 5.41) is 6.57. The zero-order chi connectivity index (χ0) is 45.8. The van der Waals surface area contributed by atoms with E-state index in [9.17, 15) is 0 Å². The Morgan fingerprint density at radius 1 is 0.365 bits per heavy atom. The van der Waals surface area contributed by atoms with Crippen molar-refractivity contribution in [3.8, 4) is 56.7 Å². The summed E-state index contributed by atoms with van der Waals surface area (Å²) in [4.78, 5) is 15.9. The zero-order valence-corrected chi connectivity index (χ0v) is 34.3. The number of nitrogens with zero attached hydrogens (tertiary/aromatic N) is 5. The van der Waals surface area contributed by atoms with Crippen LogP contribution in [-0.4, -0.2) is 24.1 Å². The Hall–Kier alpha value is -8.19. The topological polar surface area (TPSA) is 48.5 Å². The van der Waals surface area contributed by atoms with E-state index in [1.54, 1.807) is 11.3 Å². The Kier molecular flexibility index (Phi) is 6.94. The molecule has 0 atom stereocenters. The van der Waals surface area contributed by atoms with Crippen molar-refractivity contribution in [2.24, 2.45) is 0 Å². The molecular formula is C57H35N5S. The van der Waals surface area contributed by atoms with E-state index in [1.165, 1.54) is 10.8 Å². The molecule has 0 spiro atoms. The lowest BCUT2D eigenvalue weighted by molar-refractivity contribution is 1.07. The quantitative estimate of drug-likeness (QED) is 0.168. The fourth-order valence-corrected chi connectivity index (χ4v) is 10.5. The van der Waals surface area contributed by atoms with Gasteiger partial charge in [0.2, 0.25) is 0 Å². The average molecular weight is 827 g/mol. The summed E-state index contributed by atoms with van der Waals surface area (Å²) in [6.07, 6.45) is 0. The first-order valence-corrected chi connectivity index (χ1v) is 21.6. The van der Waals surface area contributed by atoms with Gasteiger partial charge in [-0.1, -0.05) is 158 Å². The maximum absolute atomic E-state index is 8.79. The van der Waals surface area contributed by atoms with Crippen LogP contribution < -0.4 is 0 Å². The minimum atomic E-state index is -0.418. The van der Waals surface area contributed by atoms with Crippen LogP contribution >= 0.6 is 11.3 Å². The van der Waals surface area contributed by atoms with Crippen LogP contribution in [0.5, 0.6) is 0 Å². The van der Waals surface area contributed by atoms with Crippen molar-refractivity contribution in [3.05, 3.63) is 212 Å². The predicted molar refractivity (Wildman–Crippen MR) is 263 cm³/mol. The van der Waals surface area contributed by atoms with Crippen LogP contribution in [0.4, 0.5) is 0 Å². The molecule has 13 rings (SSSR count). The monoisotopic (exact) mass is 826 g/mol. The molecule has 0 radical (unpaired) electrons. The lowest BCUT2D eigenvalue weighted by Gasteiger charge is -2.14. The third-order valence-electron chi connectivity index (χ3n) is 12.0. The van der Waals surface area contributed by atoms with Gasteiger partial charge >= 0.3 is 0 Å². The second-order valence-corrected chi connectivity index (χ2v) is 16.7. The maximum atomic E-state index is 8.79. The van der Waals surface area contributed by atoms with Crippen molar-refractivity contribution in [1.29, 1.82) is 0 Å². The van der Waals surface area contributed by atoms with Crippen LogP contribution in [0, 0.1) is 0 Å². The molecule has 5 nitrogen and oxygen atoms in total. The van der Waals surface area contributed by atoms with E-state index in [1.807, 2.05) is 48.5 Å². The van der Waals surface area contributed by atoms with Gasteiger partial charge in [0, 0.05) is 69.8 Å². The van der Waals surface area contributed by atoms with Crippen LogP contribution in [0.2, 0.25) is 0 Å². The van der Waals surface area contributed by atoms with Gasteiger partial charge in [0.25, 0.3) is 0 Å². The Balaban J connectivity index is 1.08. The van der Waals surface area contributed by atoms with Gasteiger partial charge < -0.3 is 9.13 Å². The van der Waals surface area contributed by atoms with Crippen LogP contribution in [0.15, 0.2) is 212 Å². The van der Waals surface area contributed by atoms with E-state index in [-0.39, 0.29) is 29.7 Å². The van der Waals surface area contributed by atoms with Gasteiger partial charge in [-0.25, -0.2) is 15.0 Å². The molecule has 0 fully saturated rings. The first kappa shape index (κ1) is 30.8. The summed E-state index contributed by atoms with van der Waals surface area (Å²) in [5.74, 6) is 1.56. The Morgan fingerprint density at radius 2 is 0.905 bits per heavy atom. The van der Waals surface area contributed by atoms with Gasteiger partial charge in [0.05, 0.1) is 28.9 Å². The SMILES string of the molecule is [2H]c1c([2H])c([2H])c(-c2ccc3c(c2)sc2c(-c4nc(-c5ccccc5)nc(-c5cccc(-n6c7ccccc7c7ccccc76)c5)n4)cc(-n4c5ccccc5c5ccccc54)cc23)c([2H])c1[2H]. The number of hydrogen-bond donors (Lipinski definition) is 0. The van der Waals surface area contributed by atoms with Crippen molar-refractivity contribution in [3.63, 3.8) is 0 Å². The molecule has 9 aromatic carbocycles. The number of hydrogen-bond acceptors (Lipinski definition) is 4. The van der Waals surface area contributed by atoms with Gasteiger partial charge in [0.15, 0.2) is 17.5 Å². The van der Waals surface area contributed by atoms with Crippen LogP contribution in [0.1, 0.15) is 6.85 Å². The Morgan fingerprint density at radius 3 is 1.54 bits per heavy atom. The molecular weight excluding hydrogens is 787 g/mol. The van der Waals surface area contributed by atoms with Crippen LogP contribution in [-0.2, 0) is 0 Å². The minimum Gasteiger partial charge on any atom is -0.309 e. The number of thiophene rings is 1. The highest BCUT2D eigenvalue weighted by molar-refractivity contribution is 7.26. The summed E-state index contributed by atoms with van der Waals surface area (Å²) in [6, 6.07) is 60.8. The molecule has 63 heavy (non-hydrogen) atoms. The standard InChI is InChI=1S/C57H35N5S/c1-3-16-36(17-4-1)38-30-31-46-47-34-41(62-51-28-13-9-24-44(51)45-25-10-14-29-52(45)62)35-48(54(47)63-53(46)33-38)57-59-55(37-18-5-2-6-19-37)58-56(60-57)39-20-15-21-40(32-39)61-49-26-11-7-22-42(49)43-23-8-12-27-50(43)61/h1-35H/i1D,3D,4D,16D,17D. The van der Waals surface area contributed by atoms with Crippen molar-refractivity contribution in [2.45, 2.75) is 0 Å². The molecule has 0 saturated heterocycles. The molecule has 294 valence electrons. The smallest absolute Gasteiger partial charge is 0.165 e. The number of rotatable bonds is 6. The molecule has 0 aliphatic heterocycles. The van der Waals surface area contributed by atoms with E-state index >= 15 is 0 Å². The van der Waals surface area contributed by atoms with Crippen molar-refractivity contribution in [2.75, 3.05) is 0 Å². The fraction of sp³-hybridized carbons (Fsp3) is 0. The molecule has 0 unspecified atom stereocenters. The van der Waals surface area contributed by atoms with Gasteiger partial charge in [-0.15, -0.1) is 11.3 Å². The molecule has 0 N–H and O–H groups in total. The molecule has 0 bridgehead atoms. The lowest BCUT2D eigenvalue weighted by Crippen LogP contribution is -2.02. The number of benzene rings is 9. The second kappa shape index (κ2) is 14.2.